The van der Waals surface area contributed by atoms with E-state index in [4.69, 9.17) is 0 Å². The number of nitrogens with zero attached hydrogens (tertiary/aromatic N) is 1. The summed E-state index contributed by atoms with van der Waals surface area (Å²) in [6.07, 6.45) is 0. The molecule has 0 spiro atoms. The largest absolute Gasteiger partial charge is 0.309 e. The van der Waals surface area contributed by atoms with Gasteiger partial charge in [0, 0.05) is 27.9 Å². The molecule has 2 nitrogen and oxygen atoms in total. The molecule has 1 aromatic heterocycles. The standard InChI is InChI=1S/C22H19NO/c1-15(2)22(24)16-11-13-17(14-12-16)23-20-9-5-3-7-18(20)19-8-4-6-10-21(19)23/h3-15H,1-2H3. The Labute approximate surface area is 141 Å². The van der Waals surface area contributed by atoms with E-state index in [-0.39, 0.29) is 11.7 Å². The van der Waals surface area contributed by atoms with Crippen LogP contribution in [0.4, 0.5) is 0 Å². The molecule has 0 aliphatic carbocycles. The van der Waals surface area contributed by atoms with Crippen LogP contribution in [0.5, 0.6) is 0 Å². The quantitative estimate of drug-likeness (QED) is 0.450. The van der Waals surface area contributed by atoms with Gasteiger partial charge in [0.1, 0.15) is 0 Å². The van der Waals surface area contributed by atoms with Crippen molar-refractivity contribution in [1.29, 1.82) is 0 Å². The van der Waals surface area contributed by atoms with E-state index in [0.29, 0.717) is 0 Å². The van der Waals surface area contributed by atoms with Crippen molar-refractivity contribution in [2.24, 2.45) is 5.92 Å². The first-order chi connectivity index (χ1) is 11.7. The zero-order valence-electron chi connectivity index (χ0n) is 13.9. The summed E-state index contributed by atoms with van der Waals surface area (Å²) in [7, 11) is 0. The molecule has 3 aromatic carbocycles. The first-order valence-corrected chi connectivity index (χ1v) is 8.29. The maximum absolute atomic E-state index is 12.2. The molecular weight excluding hydrogens is 294 g/mol. The highest BCUT2D eigenvalue weighted by Crippen LogP contribution is 2.31. The number of hydrogen-bond acceptors (Lipinski definition) is 1. The Hall–Kier alpha value is -2.87. The number of carbonyl (C=O) groups is 1. The number of Topliss-reactive ketones (excluding diaryl/α,β-unsaturated/α-hetero) is 1. The van der Waals surface area contributed by atoms with E-state index in [1.807, 2.05) is 38.1 Å². The van der Waals surface area contributed by atoms with Crippen molar-refractivity contribution in [2.75, 3.05) is 0 Å². The molecule has 4 rings (SSSR count). The van der Waals surface area contributed by atoms with Crippen molar-refractivity contribution in [2.45, 2.75) is 13.8 Å². The lowest BCUT2D eigenvalue weighted by molar-refractivity contribution is 0.0939. The highest BCUT2D eigenvalue weighted by Gasteiger charge is 2.13. The highest BCUT2D eigenvalue weighted by atomic mass is 16.1. The van der Waals surface area contributed by atoms with Crippen LogP contribution in [0, 0.1) is 5.92 Å². The van der Waals surface area contributed by atoms with Gasteiger partial charge in [-0.2, -0.15) is 0 Å². The second-order valence-electron chi connectivity index (χ2n) is 6.44. The fourth-order valence-corrected chi connectivity index (χ4v) is 3.31. The third-order valence-electron chi connectivity index (χ3n) is 4.51. The van der Waals surface area contributed by atoms with Gasteiger partial charge in [0.25, 0.3) is 0 Å². The summed E-state index contributed by atoms with van der Waals surface area (Å²) >= 11 is 0. The molecule has 0 aliphatic heterocycles. The monoisotopic (exact) mass is 313 g/mol. The van der Waals surface area contributed by atoms with Crippen LogP contribution in [0.1, 0.15) is 24.2 Å². The Morgan fingerprint density at radius 2 is 1.25 bits per heavy atom. The third kappa shape index (κ3) is 2.23. The van der Waals surface area contributed by atoms with Crippen molar-refractivity contribution < 1.29 is 4.79 Å². The molecule has 0 amide bonds. The van der Waals surface area contributed by atoms with Crippen molar-refractivity contribution >= 4 is 27.6 Å². The van der Waals surface area contributed by atoms with E-state index in [0.717, 1.165) is 11.3 Å². The maximum Gasteiger partial charge on any atom is 0.165 e. The van der Waals surface area contributed by atoms with Crippen LogP contribution in [0.25, 0.3) is 27.5 Å². The molecule has 4 aromatic rings. The second-order valence-corrected chi connectivity index (χ2v) is 6.44. The summed E-state index contributed by atoms with van der Waals surface area (Å²) in [5.41, 5.74) is 4.21. The van der Waals surface area contributed by atoms with Crippen molar-refractivity contribution in [1.82, 2.24) is 4.57 Å². The van der Waals surface area contributed by atoms with Gasteiger partial charge < -0.3 is 4.57 Å². The number of aromatic nitrogens is 1. The average molecular weight is 313 g/mol. The van der Waals surface area contributed by atoms with E-state index < -0.39 is 0 Å². The topological polar surface area (TPSA) is 22.0 Å². The van der Waals surface area contributed by atoms with Gasteiger partial charge >= 0.3 is 0 Å². The molecule has 2 heteroatoms. The van der Waals surface area contributed by atoms with Crippen LogP contribution in [0.15, 0.2) is 72.8 Å². The van der Waals surface area contributed by atoms with Crippen LogP contribution in [-0.2, 0) is 0 Å². The van der Waals surface area contributed by atoms with Gasteiger partial charge in [0.05, 0.1) is 11.0 Å². The summed E-state index contributed by atoms with van der Waals surface area (Å²) in [5, 5.41) is 2.49. The summed E-state index contributed by atoms with van der Waals surface area (Å²) in [6, 6.07) is 24.8. The van der Waals surface area contributed by atoms with Crippen LogP contribution in [0.3, 0.4) is 0 Å². The van der Waals surface area contributed by atoms with Crippen molar-refractivity contribution in [3.05, 3.63) is 78.4 Å². The Balaban J connectivity index is 1.94. The van der Waals surface area contributed by atoms with Crippen molar-refractivity contribution in [3.63, 3.8) is 0 Å². The van der Waals surface area contributed by atoms with E-state index in [1.54, 1.807) is 0 Å². The lowest BCUT2D eigenvalue weighted by atomic mass is 10.0. The van der Waals surface area contributed by atoms with Crippen LogP contribution in [0.2, 0.25) is 0 Å². The van der Waals surface area contributed by atoms with E-state index in [1.165, 1.54) is 21.8 Å². The minimum Gasteiger partial charge on any atom is -0.309 e. The Bertz CT molecular complexity index is 985. The lowest BCUT2D eigenvalue weighted by Crippen LogP contribution is -2.07. The average Bonchev–Trinajstić information content (AvgIpc) is 2.96. The molecule has 1 heterocycles. The molecule has 0 unspecified atom stereocenters. The van der Waals surface area contributed by atoms with Gasteiger partial charge in [0.15, 0.2) is 5.78 Å². The van der Waals surface area contributed by atoms with Crippen LogP contribution < -0.4 is 0 Å². The Kier molecular flexibility index (Phi) is 3.46. The number of benzene rings is 3. The predicted molar refractivity (Wildman–Crippen MR) is 99.9 cm³/mol. The minimum absolute atomic E-state index is 0.0177. The number of fused-ring (bicyclic) bond motifs is 3. The first-order valence-electron chi connectivity index (χ1n) is 8.29. The molecule has 0 atom stereocenters. The number of rotatable bonds is 3. The fraction of sp³-hybridized carbons (Fsp3) is 0.136. The Morgan fingerprint density at radius 1 is 0.750 bits per heavy atom. The molecule has 118 valence electrons. The predicted octanol–water partition coefficient (Wildman–Crippen LogP) is 5.62. The number of hydrogen-bond donors (Lipinski definition) is 0. The molecule has 0 saturated carbocycles. The second kappa shape index (κ2) is 5.64. The Morgan fingerprint density at radius 3 is 1.75 bits per heavy atom. The summed E-state index contributed by atoms with van der Waals surface area (Å²) in [4.78, 5) is 12.2. The third-order valence-corrected chi connectivity index (χ3v) is 4.51. The summed E-state index contributed by atoms with van der Waals surface area (Å²) < 4.78 is 2.26. The molecule has 0 radical (unpaired) electrons. The molecule has 0 N–H and O–H groups in total. The molecule has 0 bridgehead atoms. The van der Waals surface area contributed by atoms with Gasteiger partial charge in [-0.05, 0) is 36.4 Å². The summed E-state index contributed by atoms with van der Waals surface area (Å²) in [5.74, 6) is 0.202. The molecular formula is C22H19NO. The molecule has 0 saturated heterocycles. The molecule has 0 aliphatic rings. The minimum atomic E-state index is 0.0177. The molecule has 0 fully saturated rings. The van der Waals surface area contributed by atoms with E-state index >= 15 is 0 Å². The van der Waals surface area contributed by atoms with Crippen molar-refractivity contribution in [3.8, 4) is 5.69 Å². The van der Waals surface area contributed by atoms with Crippen LogP contribution in [-0.4, -0.2) is 10.4 Å². The first kappa shape index (κ1) is 14.7. The zero-order valence-corrected chi connectivity index (χ0v) is 13.9. The van der Waals surface area contributed by atoms with Gasteiger partial charge in [-0.15, -0.1) is 0 Å². The highest BCUT2D eigenvalue weighted by molar-refractivity contribution is 6.09. The fourth-order valence-electron chi connectivity index (χ4n) is 3.31. The lowest BCUT2D eigenvalue weighted by Gasteiger charge is -2.09. The number of ketones is 1. The van der Waals surface area contributed by atoms with E-state index in [9.17, 15) is 4.79 Å². The SMILES string of the molecule is CC(C)C(=O)c1ccc(-n2c3ccccc3c3ccccc32)cc1. The summed E-state index contributed by atoms with van der Waals surface area (Å²) in [6.45, 7) is 3.87. The smallest absolute Gasteiger partial charge is 0.165 e. The normalized spacial score (nSPS) is 11.5. The van der Waals surface area contributed by atoms with Gasteiger partial charge in [-0.1, -0.05) is 50.2 Å². The molecule has 24 heavy (non-hydrogen) atoms. The van der Waals surface area contributed by atoms with Gasteiger partial charge in [-0.25, -0.2) is 0 Å². The number of carbonyl (C=O) groups excluding carboxylic acids is 1. The van der Waals surface area contributed by atoms with Gasteiger partial charge in [-0.3, -0.25) is 4.79 Å². The van der Waals surface area contributed by atoms with Gasteiger partial charge in [0.2, 0.25) is 0 Å². The zero-order chi connectivity index (χ0) is 16.7. The van der Waals surface area contributed by atoms with Crippen LogP contribution >= 0.6 is 0 Å². The number of para-hydroxylation sites is 2. The van der Waals surface area contributed by atoms with E-state index in [2.05, 4.69) is 53.1 Å². The maximum atomic E-state index is 12.2.